The summed E-state index contributed by atoms with van der Waals surface area (Å²) >= 11 is 0. The van der Waals surface area contributed by atoms with Crippen molar-refractivity contribution in [3.05, 3.63) is 70.9 Å². The molecule has 1 aliphatic rings. The monoisotopic (exact) mass is 460 g/mol. The highest BCUT2D eigenvalue weighted by atomic mass is 16.6. The maximum Gasteiger partial charge on any atom is 0.306 e. The molecule has 0 radical (unpaired) electrons. The summed E-state index contributed by atoms with van der Waals surface area (Å²) in [5.74, 6) is 0.681. The zero-order valence-corrected chi connectivity index (χ0v) is 20.8. The molecule has 1 aliphatic heterocycles. The van der Waals surface area contributed by atoms with Crippen molar-refractivity contribution in [2.24, 2.45) is 7.05 Å². The van der Waals surface area contributed by atoms with Crippen LogP contribution in [-0.4, -0.2) is 34.3 Å². The van der Waals surface area contributed by atoms with E-state index in [9.17, 15) is 9.59 Å². The molecule has 0 aliphatic carbocycles. The Kier molecular flexibility index (Phi) is 6.21. The first kappa shape index (κ1) is 23.5. The first-order chi connectivity index (χ1) is 16.0. The van der Waals surface area contributed by atoms with E-state index < -0.39 is 5.60 Å². The summed E-state index contributed by atoms with van der Waals surface area (Å²) < 4.78 is 7.25. The average molecular weight is 461 g/mol. The molecule has 0 saturated heterocycles. The van der Waals surface area contributed by atoms with Gasteiger partial charge in [0.15, 0.2) is 0 Å². The molecule has 178 valence electrons. The van der Waals surface area contributed by atoms with Crippen molar-refractivity contribution >= 4 is 29.1 Å². The van der Waals surface area contributed by atoms with Crippen molar-refractivity contribution in [2.45, 2.75) is 52.7 Å². The molecule has 0 fully saturated rings. The SMILES string of the molecule is Cc1cc(C(=O)N2Cc3cnn(C)c3N(C)c3ccccc32)ccc1CCC(=O)OC(C)(C)C. The maximum atomic E-state index is 13.7. The number of anilines is 3. The van der Waals surface area contributed by atoms with Crippen LogP contribution in [0.3, 0.4) is 0 Å². The van der Waals surface area contributed by atoms with Crippen molar-refractivity contribution in [3.8, 4) is 0 Å². The number of carbonyl (C=O) groups excluding carboxylic acids is 2. The molecule has 4 rings (SSSR count). The molecule has 1 amide bonds. The van der Waals surface area contributed by atoms with Crippen LogP contribution in [0, 0.1) is 6.92 Å². The Hall–Kier alpha value is -3.61. The number of amides is 1. The van der Waals surface area contributed by atoms with Gasteiger partial charge in [0.2, 0.25) is 0 Å². The number of benzene rings is 2. The number of aryl methyl sites for hydroxylation is 3. The minimum Gasteiger partial charge on any atom is -0.460 e. The van der Waals surface area contributed by atoms with E-state index in [4.69, 9.17) is 4.74 Å². The number of para-hydroxylation sites is 2. The van der Waals surface area contributed by atoms with Gasteiger partial charge in [0, 0.05) is 31.6 Å². The summed E-state index contributed by atoms with van der Waals surface area (Å²) in [7, 11) is 3.91. The molecule has 0 bridgehead atoms. The van der Waals surface area contributed by atoms with E-state index >= 15 is 0 Å². The Morgan fingerprint density at radius 3 is 2.44 bits per heavy atom. The van der Waals surface area contributed by atoms with Gasteiger partial charge in [-0.2, -0.15) is 5.10 Å². The molecule has 2 heterocycles. The third-order valence-electron chi connectivity index (χ3n) is 6.01. The highest BCUT2D eigenvalue weighted by Gasteiger charge is 2.29. The van der Waals surface area contributed by atoms with Gasteiger partial charge in [-0.3, -0.25) is 14.3 Å². The number of esters is 1. The van der Waals surface area contributed by atoms with E-state index in [2.05, 4.69) is 10.00 Å². The van der Waals surface area contributed by atoms with Crippen molar-refractivity contribution in [2.75, 3.05) is 16.8 Å². The van der Waals surface area contributed by atoms with Gasteiger partial charge in [-0.25, -0.2) is 0 Å². The van der Waals surface area contributed by atoms with Gasteiger partial charge in [0.1, 0.15) is 11.4 Å². The first-order valence-electron chi connectivity index (χ1n) is 11.5. The fraction of sp³-hybridized carbons (Fsp3) is 0.370. The second-order valence-corrected chi connectivity index (χ2v) is 9.78. The molecule has 3 aromatic rings. The average Bonchev–Trinajstić information content (AvgIpc) is 3.08. The van der Waals surface area contributed by atoms with E-state index in [1.54, 1.807) is 0 Å². The van der Waals surface area contributed by atoms with Crippen LogP contribution in [0.4, 0.5) is 17.2 Å². The molecule has 0 saturated carbocycles. The molecular formula is C27H32N4O3. The molecule has 34 heavy (non-hydrogen) atoms. The first-order valence-corrected chi connectivity index (χ1v) is 11.5. The third-order valence-corrected chi connectivity index (χ3v) is 6.01. The van der Waals surface area contributed by atoms with Gasteiger partial charge in [-0.05, 0) is 69.5 Å². The molecular weight excluding hydrogens is 428 g/mol. The molecule has 0 spiro atoms. The van der Waals surface area contributed by atoms with Crippen LogP contribution in [-0.2, 0) is 29.5 Å². The molecule has 0 atom stereocenters. The van der Waals surface area contributed by atoms with Crippen molar-refractivity contribution in [1.29, 1.82) is 0 Å². The molecule has 7 nitrogen and oxygen atoms in total. The van der Waals surface area contributed by atoms with Crippen molar-refractivity contribution < 1.29 is 14.3 Å². The zero-order chi connectivity index (χ0) is 24.6. The summed E-state index contributed by atoms with van der Waals surface area (Å²) in [6.07, 6.45) is 2.70. The lowest BCUT2D eigenvalue weighted by molar-refractivity contribution is -0.154. The highest BCUT2D eigenvalue weighted by molar-refractivity contribution is 6.08. The van der Waals surface area contributed by atoms with Gasteiger partial charge in [0.25, 0.3) is 5.91 Å². The number of hydrogen-bond acceptors (Lipinski definition) is 5. The van der Waals surface area contributed by atoms with E-state index in [0.29, 0.717) is 24.9 Å². The van der Waals surface area contributed by atoms with Gasteiger partial charge in [-0.15, -0.1) is 0 Å². The van der Waals surface area contributed by atoms with Crippen molar-refractivity contribution in [3.63, 3.8) is 0 Å². The minimum absolute atomic E-state index is 0.0701. The van der Waals surface area contributed by atoms with E-state index in [0.717, 1.165) is 33.9 Å². The number of fused-ring (bicyclic) bond motifs is 2. The summed E-state index contributed by atoms with van der Waals surface area (Å²) in [5, 5.41) is 4.41. The van der Waals surface area contributed by atoms with Crippen LogP contribution < -0.4 is 9.80 Å². The standard InChI is InChI=1S/C27H32N4O3/c1-18-15-20(12-11-19(18)13-14-24(32)34-27(2,3)4)26(33)31-17-21-16-28-30(6)25(21)29(5)22-9-7-8-10-23(22)31/h7-12,15-16H,13-14,17H2,1-6H3. The smallest absolute Gasteiger partial charge is 0.306 e. The van der Waals surface area contributed by atoms with Gasteiger partial charge >= 0.3 is 5.97 Å². The quantitative estimate of drug-likeness (QED) is 0.517. The highest BCUT2D eigenvalue weighted by Crippen LogP contribution is 2.40. The summed E-state index contributed by atoms with van der Waals surface area (Å²) in [6, 6.07) is 13.6. The Morgan fingerprint density at radius 2 is 1.76 bits per heavy atom. The topological polar surface area (TPSA) is 67.7 Å². The summed E-state index contributed by atoms with van der Waals surface area (Å²) in [4.78, 5) is 29.7. The largest absolute Gasteiger partial charge is 0.460 e. The number of aromatic nitrogens is 2. The lowest BCUT2D eigenvalue weighted by Crippen LogP contribution is -2.30. The normalized spacial score (nSPS) is 13.2. The number of nitrogens with zero attached hydrogens (tertiary/aromatic N) is 4. The van der Waals surface area contributed by atoms with Gasteiger partial charge in [0.05, 0.1) is 24.1 Å². The lowest BCUT2D eigenvalue weighted by atomic mass is 10.00. The number of ether oxygens (including phenoxy) is 1. The molecule has 0 N–H and O–H groups in total. The Morgan fingerprint density at radius 1 is 1.06 bits per heavy atom. The number of rotatable bonds is 4. The lowest BCUT2D eigenvalue weighted by Gasteiger charge is -2.25. The van der Waals surface area contributed by atoms with E-state index in [1.807, 2.05) is 100 Å². The van der Waals surface area contributed by atoms with E-state index in [-0.39, 0.29) is 11.9 Å². The fourth-order valence-electron chi connectivity index (χ4n) is 4.44. The fourth-order valence-corrected chi connectivity index (χ4v) is 4.44. The zero-order valence-electron chi connectivity index (χ0n) is 20.8. The summed E-state index contributed by atoms with van der Waals surface area (Å²) in [5.41, 5.74) is 4.93. The minimum atomic E-state index is -0.492. The Labute approximate surface area is 200 Å². The molecule has 1 aromatic heterocycles. The van der Waals surface area contributed by atoms with Crippen LogP contribution in [0.25, 0.3) is 0 Å². The maximum absolute atomic E-state index is 13.7. The van der Waals surface area contributed by atoms with Crippen molar-refractivity contribution in [1.82, 2.24) is 9.78 Å². The second kappa shape index (κ2) is 8.97. The molecule has 2 aromatic carbocycles. The molecule has 0 unspecified atom stereocenters. The van der Waals surface area contributed by atoms with Crippen LogP contribution >= 0.6 is 0 Å². The predicted octanol–water partition coefficient (Wildman–Crippen LogP) is 4.93. The number of carbonyl (C=O) groups is 2. The van der Waals surface area contributed by atoms with Gasteiger partial charge < -0.3 is 14.5 Å². The Balaban J connectivity index is 1.59. The third kappa shape index (κ3) is 4.69. The van der Waals surface area contributed by atoms with Crippen LogP contribution in [0.1, 0.15) is 54.2 Å². The predicted molar refractivity (Wildman–Crippen MR) is 134 cm³/mol. The van der Waals surface area contributed by atoms with Crippen LogP contribution in [0.15, 0.2) is 48.7 Å². The number of hydrogen-bond donors (Lipinski definition) is 0. The van der Waals surface area contributed by atoms with Crippen LogP contribution in [0.2, 0.25) is 0 Å². The van der Waals surface area contributed by atoms with E-state index in [1.165, 1.54) is 0 Å². The molecule has 7 heteroatoms. The second-order valence-electron chi connectivity index (χ2n) is 9.78. The van der Waals surface area contributed by atoms with Gasteiger partial charge in [-0.1, -0.05) is 18.2 Å². The van der Waals surface area contributed by atoms with Crippen LogP contribution in [0.5, 0.6) is 0 Å². The Bertz CT molecular complexity index is 1240. The summed E-state index contributed by atoms with van der Waals surface area (Å²) in [6.45, 7) is 8.00.